The molecule has 2 heterocycles. The van der Waals surface area contributed by atoms with Crippen molar-refractivity contribution in [3.63, 3.8) is 0 Å². The minimum absolute atomic E-state index is 0.136. The largest absolute Gasteiger partial charge is 0.443 e. The molecule has 1 aliphatic heterocycles. The van der Waals surface area contributed by atoms with Crippen molar-refractivity contribution in [2.45, 2.75) is 25.6 Å². The van der Waals surface area contributed by atoms with Crippen LogP contribution >= 0.6 is 0 Å². The highest BCUT2D eigenvalue weighted by Gasteiger charge is 2.27. The van der Waals surface area contributed by atoms with E-state index in [4.69, 9.17) is 9.15 Å². The van der Waals surface area contributed by atoms with Crippen LogP contribution in [0.2, 0.25) is 0 Å². The number of aliphatic hydroxyl groups is 1. The van der Waals surface area contributed by atoms with Crippen LogP contribution in [0.25, 0.3) is 0 Å². The van der Waals surface area contributed by atoms with E-state index in [1.54, 1.807) is 30.9 Å². The van der Waals surface area contributed by atoms with Gasteiger partial charge in [0.1, 0.15) is 11.7 Å². The average molecular weight is 339 g/mol. The Bertz CT molecular complexity index is 792. The molecule has 1 aromatic heterocycles. The third kappa shape index (κ3) is 4.50. The summed E-state index contributed by atoms with van der Waals surface area (Å²) in [5.74, 6) is 5.82. The molecule has 1 fully saturated rings. The number of hydrogen-bond donors (Lipinski definition) is 1. The van der Waals surface area contributed by atoms with Crippen molar-refractivity contribution in [1.82, 2.24) is 4.90 Å². The standard InChI is InChI=1S/C20H21NO4/c1-20(2,23)11-10-16-8-9-17(25-16)19(22)21-12-13-24-18(14-21)15-6-4-3-5-7-15/h3-9,18,23H,12-14H2,1-2H3. The maximum atomic E-state index is 12.7. The van der Waals surface area contributed by atoms with Gasteiger partial charge in [0.05, 0.1) is 13.2 Å². The van der Waals surface area contributed by atoms with Crippen LogP contribution in [0, 0.1) is 11.8 Å². The third-order valence-electron chi connectivity index (χ3n) is 3.83. The van der Waals surface area contributed by atoms with Crippen molar-refractivity contribution < 1.29 is 19.1 Å². The summed E-state index contributed by atoms with van der Waals surface area (Å²) < 4.78 is 11.3. The molecule has 0 bridgehead atoms. The number of benzene rings is 1. The number of furan rings is 1. The minimum Gasteiger partial charge on any atom is -0.443 e. The molecule has 0 radical (unpaired) electrons. The second kappa shape index (κ2) is 7.14. The predicted octanol–water partition coefficient (Wildman–Crippen LogP) is 2.62. The van der Waals surface area contributed by atoms with Crippen molar-refractivity contribution in [1.29, 1.82) is 0 Å². The molecule has 2 aromatic rings. The highest BCUT2D eigenvalue weighted by molar-refractivity contribution is 5.91. The number of hydrogen-bond acceptors (Lipinski definition) is 4. The maximum Gasteiger partial charge on any atom is 0.289 e. The summed E-state index contributed by atoms with van der Waals surface area (Å²) in [6.45, 7) is 4.66. The van der Waals surface area contributed by atoms with Crippen LogP contribution in [0.3, 0.4) is 0 Å². The fourth-order valence-corrected chi connectivity index (χ4v) is 2.59. The minimum atomic E-state index is -1.11. The van der Waals surface area contributed by atoms with Crippen molar-refractivity contribution in [2.24, 2.45) is 0 Å². The van der Waals surface area contributed by atoms with E-state index in [1.807, 2.05) is 30.3 Å². The second-order valence-corrected chi connectivity index (χ2v) is 6.49. The Balaban J connectivity index is 1.70. The Morgan fingerprint density at radius 1 is 1.24 bits per heavy atom. The van der Waals surface area contributed by atoms with Gasteiger partial charge >= 0.3 is 0 Å². The van der Waals surface area contributed by atoms with Crippen LogP contribution in [0.1, 0.15) is 41.8 Å². The van der Waals surface area contributed by atoms with Gasteiger partial charge in [-0.15, -0.1) is 0 Å². The molecule has 1 aliphatic rings. The van der Waals surface area contributed by atoms with Crippen LogP contribution in [-0.2, 0) is 4.74 Å². The molecular formula is C20H21NO4. The Hall–Kier alpha value is -2.55. The molecule has 25 heavy (non-hydrogen) atoms. The summed E-state index contributed by atoms with van der Waals surface area (Å²) in [6.07, 6.45) is -0.136. The summed E-state index contributed by atoms with van der Waals surface area (Å²) in [5.41, 5.74) is -0.0551. The number of carbonyl (C=O) groups excluding carboxylic acids is 1. The van der Waals surface area contributed by atoms with Crippen LogP contribution in [-0.4, -0.2) is 41.2 Å². The van der Waals surface area contributed by atoms with E-state index in [-0.39, 0.29) is 17.8 Å². The Morgan fingerprint density at radius 2 is 2.00 bits per heavy atom. The Morgan fingerprint density at radius 3 is 2.72 bits per heavy atom. The molecule has 1 saturated heterocycles. The van der Waals surface area contributed by atoms with Gasteiger partial charge in [0.25, 0.3) is 5.91 Å². The van der Waals surface area contributed by atoms with E-state index < -0.39 is 5.60 Å². The zero-order valence-corrected chi connectivity index (χ0v) is 14.4. The van der Waals surface area contributed by atoms with Crippen molar-refractivity contribution in [2.75, 3.05) is 19.7 Å². The third-order valence-corrected chi connectivity index (χ3v) is 3.83. The fraction of sp³-hybridized carbons (Fsp3) is 0.350. The highest BCUT2D eigenvalue weighted by Crippen LogP contribution is 2.23. The summed E-state index contributed by atoms with van der Waals surface area (Å²) in [4.78, 5) is 14.4. The molecule has 3 rings (SSSR count). The lowest BCUT2D eigenvalue weighted by molar-refractivity contribution is -0.0237. The molecule has 5 heteroatoms. The molecular weight excluding hydrogens is 318 g/mol. The highest BCUT2D eigenvalue weighted by atomic mass is 16.5. The van der Waals surface area contributed by atoms with Gasteiger partial charge < -0.3 is 19.2 Å². The fourth-order valence-electron chi connectivity index (χ4n) is 2.59. The van der Waals surface area contributed by atoms with Crippen LogP contribution < -0.4 is 0 Å². The number of ether oxygens (including phenoxy) is 1. The summed E-state index contributed by atoms with van der Waals surface area (Å²) in [6, 6.07) is 13.1. The van der Waals surface area contributed by atoms with E-state index in [0.717, 1.165) is 5.56 Å². The molecule has 1 N–H and O–H groups in total. The smallest absolute Gasteiger partial charge is 0.289 e. The van der Waals surface area contributed by atoms with Gasteiger partial charge in [-0.1, -0.05) is 36.3 Å². The molecule has 0 spiro atoms. The van der Waals surface area contributed by atoms with Crippen molar-refractivity contribution in [3.05, 3.63) is 59.5 Å². The van der Waals surface area contributed by atoms with Gasteiger partial charge in [0, 0.05) is 6.54 Å². The van der Waals surface area contributed by atoms with E-state index >= 15 is 0 Å². The normalized spacial score (nSPS) is 17.7. The topological polar surface area (TPSA) is 62.9 Å². The van der Waals surface area contributed by atoms with E-state index in [9.17, 15) is 9.90 Å². The molecule has 130 valence electrons. The van der Waals surface area contributed by atoms with Crippen molar-refractivity contribution >= 4 is 5.91 Å². The maximum absolute atomic E-state index is 12.7. The first-order valence-electron chi connectivity index (χ1n) is 8.23. The van der Waals surface area contributed by atoms with Gasteiger partial charge in [-0.3, -0.25) is 4.79 Å². The van der Waals surface area contributed by atoms with Crippen LogP contribution in [0.5, 0.6) is 0 Å². The summed E-state index contributed by atoms with van der Waals surface area (Å²) in [5, 5.41) is 9.63. The molecule has 1 amide bonds. The first-order chi connectivity index (χ1) is 11.9. The lowest BCUT2D eigenvalue weighted by Crippen LogP contribution is -2.42. The first kappa shape index (κ1) is 17.3. The van der Waals surface area contributed by atoms with Gasteiger partial charge in [-0.25, -0.2) is 0 Å². The molecule has 0 aliphatic carbocycles. The molecule has 1 unspecified atom stereocenters. The van der Waals surface area contributed by atoms with Gasteiger partial charge in [-0.05, 0) is 37.5 Å². The van der Waals surface area contributed by atoms with E-state index in [0.29, 0.717) is 25.5 Å². The Kier molecular flexibility index (Phi) is 4.93. The first-order valence-corrected chi connectivity index (χ1v) is 8.23. The lowest BCUT2D eigenvalue weighted by Gasteiger charge is -2.32. The average Bonchev–Trinajstić information content (AvgIpc) is 3.09. The monoisotopic (exact) mass is 339 g/mol. The number of amides is 1. The zero-order valence-electron chi connectivity index (χ0n) is 14.4. The second-order valence-electron chi connectivity index (χ2n) is 6.49. The number of rotatable bonds is 2. The van der Waals surface area contributed by atoms with Gasteiger partial charge in [-0.2, -0.15) is 0 Å². The number of nitrogens with zero attached hydrogens (tertiary/aromatic N) is 1. The van der Waals surface area contributed by atoms with Gasteiger partial charge in [0.15, 0.2) is 11.5 Å². The van der Waals surface area contributed by atoms with Gasteiger partial charge in [0.2, 0.25) is 0 Å². The Labute approximate surface area is 147 Å². The van der Waals surface area contributed by atoms with E-state index in [2.05, 4.69) is 11.8 Å². The number of morpholine rings is 1. The molecule has 1 aromatic carbocycles. The molecule has 5 nitrogen and oxygen atoms in total. The number of carbonyl (C=O) groups is 1. The predicted molar refractivity (Wildman–Crippen MR) is 92.9 cm³/mol. The summed E-state index contributed by atoms with van der Waals surface area (Å²) >= 11 is 0. The summed E-state index contributed by atoms with van der Waals surface area (Å²) in [7, 11) is 0. The quantitative estimate of drug-likeness (QED) is 0.855. The van der Waals surface area contributed by atoms with Crippen molar-refractivity contribution in [3.8, 4) is 11.8 Å². The lowest BCUT2D eigenvalue weighted by atomic mass is 10.1. The molecule has 1 atom stereocenters. The van der Waals surface area contributed by atoms with Crippen LogP contribution in [0.15, 0.2) is 46.9 Å². The van der Waals surface area contributed by atoms with E-state index in [1.165, 1.54) is 0 Å². The zero-order chi connectivity index (χ0) is 17.9. The van der Waals surface area contributed by atoms with Crippen LogP contribution in [0.4, 0.5) is 0 Å². The molecule has 0 saturated carbocycles. The SMILES string of the molecule is CC(C)(O)C#Cc1ccc(C(=O)N2CCOC(c3ccccc3)C2)o1.